The van der Waals surface area contributed by atoms with E-state index in [0.717, 1.165) is 25.0 Å². The third kappa shape index (κ3) is 2.84. The van der Waals surface area contributed by atoms with Crippen LogP contribution in [0.4, 0.5) is 0 Å². The molecule has 2 aromatic carbocycles. The van der Waals surface area contributed by atoms with Crippen LogP contribution in [0, 0.1) is 5.41 Å². The van der Waals surface area contributed by atoms with E-state index in [2.05, 4.69) is 62.1 Å². The maximum Gasteiger partial charge on any atom is 0.242 e. The maximum atomic E-state index is 6.19. The molecule has 0 aromatic heterocycles. The SMILES string of the molecule is CO/N=C1/CC[C@H]2c3ccc4cc(O[Si](C)(C)C)ccc4c3CC[C@]12C. The average molecular weight is 368 g/mol. The summed E-state index contributed by atoms with van der Waals surface area (Å²) in [6, 6.07) is 11.3. The second kappa shape index (κ2) is 6.12. The molecule has 0 unspecified atom stereocenters. The Morgan fingerprint density at radius 2 is 1.92 bits per heavy atom. The van der Waals surface area contributed by atoms with Gasteiger partial charge in [-0.1, -0.05) is 30.3 Å². The van der Waals surface area contributed by atoms with E-state index >= 15 is 0 Å². The van der Waals surface area contributed by atoms with Gasteiger partial charge < -0.3 is 9.26 Å². The van der Waals surface area contributed by atoms with Crippen LogP contribution in [0.5, 0.6) is 5.75 Å². The van der Waals surface area contributed by atoms with E-state index in [1.807, 2.05) is 0 Å². The molecule has 2 atom stereocenters. The Balaban J connectivity index is 1.76. The lowest BCUT2D eigenvalue weighted by Gasteiger charge is -2.38. The van der Waals surface area contributed by atoms with Crippen molar-refractivity contribution < 1.29 is 9.26 Å². The van der Waals surface area contributed by atoms with Crippen LogP contribution < -0.4 is 4.43 Å². The Kier molecular flexibility index (Phi) is 4.14. The van der Waals surface area contributed by atoms with Gasteiger partial charge in [-0.25, -0.2) is 0 Å². The van der Waals surface area contributed by atoms with Crippen LogP contribution in [0.2, 0.25) is 19.6 Å². The first kappa shape index (κ1) is 17.6. The first-order valence-electron chi connectivity index (χ1n) is 9.67. The molecule has 138 valence electrons. The predicted octanol–water partition coefficient (Wildman–Crippen LogP) is 5.89. The van der Waals surface area contributed by atoms with E-state index < -0.39 is 8.32 Å². The molecule has 1 saturated carbocycles. The number of benzene rings is 2. The summed E-state index contributed by atoms with van der Waals surface area (Å²) in [5.74, 6) is 1.56. The molecule has 0 bridgehead atoms. The van der Waals surface area contributed by atoms with Gasteiger partial charge >= 0.3 is 0 Å². The van der Waals surface area contributed by atoms with Crippen LogP contribution in [-0.2, 0) is 11.3 Å². The van der Waals surface area contributed by atoms with Gasteiger partial charge in [-0.05, 0) is 85.3 Å². The number of fused-ring (bicyclic) bond motifs is 5. The first-order valence-corrected chi connectivity index (χ1v) is 13.1. The fourth-order valence-electron chi connectivity index (χ4n) is 4.96. The molecule has 2 aliphatic rings. The summed E-state index contributed by atoms with van der Waals surface area (Å²) in [6.45, 7) is 9.05. The topological polar surface area (TPSA) is 30.8 Å². The molecule has 3 nitrogen and oxygen atoms in total. The van der Waals surface area contributed by atoms with E-state index in [1.165, 1.54) is 34.0 Å². The molecule has 4 heteroatoms. The number of aryl methyl sites for hydroxylation is 1. The van der Waals surface area contributed by atoms with Crippen molar-refractivity contribution in [3.05, 3.63) is 41.5 Å². The molecule has 0 radical (unpaired) electrons. The standard InChI is InChI=1S/C22H29NO2Si/c1-22-13-12-18-17-9-7-16(25-26(3,4)5)14-15(17)6-8-19(18)20(22)10-11-21(22)23-24-2/h6-9,14,20H,10-13H2,1-5H3/b23-21-/t20-,22-/m0/s1. The van der Waals surface area contributed by atoms with E-state index in [-0.39, 0.29) is 5.41 Å². The number of hydrogen-bond acceptors (Lipinski definition) is 3. The third-order valence-corrected chi connectivity index (χ3v) is 6.98. The van der Waals surface area contributed by atoms with Gasteiger partial charge in [0.1, 0.15) is 12.9 Å². The second-order valence-corrected chi connectivity index (χ2v) is 13.4. The minimum atomic E-state index is -1.58. The maximum absolute atomic E-state index is 6.19. The molecule has 0 N–H and O–H groups in total. The normalized spacial score (nSPS) is 26.7. The molecule has 2 aromatic rings. The summed E-state index contributed by atoms with van der Waals surface area (Å²) >= 11 is 0. The van der Waals surface area contributed by atoms with Crippen molar-refractivity contribution in [2.24, 2.45) is 10.6 Å². The molecule has 0 aliphatic heterocycles. The van der Waals surface area contributed by atoms with Gasteiger partial charge in [-0.15, -0.1) is 0 Å². The molecule has 0 heterocycles. The fraction of sp³-hybridized carbons (Fsp3) is 0.500. The highest BCUT2D eigenvalue weighted by molar-refractivity contribution is 6.70. The van der Waals surface area contributed by atoms with Crippen molar-refractivity contribution in [2.45, 2.75) is 58.2 Å². The summed E-state index contributed by atoms with van der Waals surface area (Å²) in [5.41, 5.74) is 4.45. The Morgan fingerprint density at radius 1 is 1.12 bits per heavy atom. The van der Waals surface area contributed by atoms with Crippen molar-refractivity contribution in [3.8, 4) is 5.75 Å². The number of oxime groups is 1. The van der Waals surface area contributed by atoms with E-state index in [4.69, 9.17) is 9.26 Å². The van der Waals surface area contributed by atoms with Gasteiger partial charge in [0.2, 0.25) is 8.32 Å². The fourth-order valence-corrected chi connectivity index (χ4v) is 5.79. The zero-order chi connectivity index (χ0) is 18.5. The highest BCUT2D eigenvalue weighted by atomic mass is 28.4. The lowest BCUT2D eigenvalue weighted by molar-refractivity contribution is 0.205. The molecular formula is C22H29NO2Si. The molecule has 1 fully saturated rings. The van der Waals surface area contributed by atoms with Gasteiger partial charge in [-0.3, -0.25) is 0 Å². The molecule has 0 saturated heterocycles. The Bertz CT molecular complexity index is 884. The largest absolute Gasteiger partial charge is 0.544 e. The van der Waals surface area contributed by atoms with Crippen LogP contribution in [0.3, 0.4) is 0 Å². The highest BCUT2D eigenvalue weighted by Gasteiger charge is 2.48. The van der Waals surface area contributed by atoms with Crippen molar-refractivity contribution in [1.82, 2.24) is 0 Å². The first-order chi connectivity index (χ1) is 12.3. The number of nitrogens with zero attached hydrogens (tertiary/aromatic N) is 1. The zero-order valence-electron chi connectivity index (χ0n) is 16.6. The van der Waals surface area contributed by atoms with Crippen LogP contribution in [0.25, 0.3) is 10.8 Å². The Labute approximate surface area is 157 Å². The molecule has 26 heavy (non-hydrogen) atoms. The number of rotatable bonds is 3. The van der Waals surface area contributed by atoms with Crippen molar-refractivity contribution >= 4 is 24.8 Å². The van der Waals surface area contributed by atoms with E-state index in [9.17, 15) is 0 Å². The predicted molar refractivity (Wildman–Crippen MR) is 111 cm³/mol. The van der Waals surface area contributed by atoms with Gasteiger partial charge in [0.25, 0.3) is 0 Å². The van der Waals surface area contributed by atoms with Gasteiger partial charge in [-0.2, -0.15) is 0 Å². The monoisotopic (exact) mass is 367 g/mol. The van der Waals surface area contributed by atoms with Crippen molar-refractivity contribution in [3.63, 3.8) is 0 Å². The van der Waals surface area contributed by atoms with Crippen LogP contribution in [0.1, 0.15) is 43.2 Å². The van der Waals surface area contributed by atoms with Gasteiger partial charge in [0.15, 0.2) is 0 Å². The molecule has 2 aliphatic carbocycles. The summed E-state index contributed by atoms with van der Waals surface area (Å²) in [5, 5.41) is 7.06. The quantitative estimate of drug-likeness (QED) is 0.500. The summed E-state index contributed by atoms with van der Waals surface area (Å²) < 4.78 is 6.19. The molecule has 0 amide bonds. The summed E-state index contributed by atoms with van der Waals surface area (Å²) in [7, 11) is 0.0786. The minimum Gasteiger partial charge on any atom is -0.544 e. The summed E-state index contributed by atoms with van der Waals surface area (Å²) in [6.07, 6.45) is 4.49. The molecule has 0 spiro atoms. The summed E-state index contributed by atoms with van der Waals surface area (Å²) in [4.78, 5) is 5.13. The minimum absolute atomic E-state index is 0.150. The Hall–Kier alpha value is -1.81. The van der Waals surface area contributed by atoms with Gasteiger partial charge in [0, 0.05) is 5.41 Å². The smallest absolute Gasteiger partial charge is 0.242 e. The Morgan fingerprint density at radius 3 is 2.65 bits per heavy atom. The van der Waals surface area contributed by atoms with Gasteiger partial charge in [0.05, 0.1) is 5.71 Å². The van der Waals surface area contributed by atoms with E-state index in [1.54, 1.807) is 7.11 Å². The second-order valence-electron chi connectivity index (χ2n) is 8.96. The molecule has 4 rings (SSSR count). The lowest BCUT2D eigenvalue weighted by Crippen LogP contribution is -2.32. The van der Waals surface area contributed by atoms with Crippen LogP contribution in [-0.4, -0.2) is 21.1 Å². The highest BCUT2D eigenvalue weighted by Crippen LogP contribution is 2.55. The third-order valence-electron chi connectivity index (χ3n) is 6.13. The van der Waals surface area contributed by atoms with Crippen LogP contribution in [0.15, 0.2) is 35.5 Å². The van der Waals surface area contributed by atoms with Crippen molar-refractivity contribution in [1.29, 1.82) is 0 Å². The molecular weight excluding hydrogens is 338 g/mol. The lowest BCUT2D eigenvalue weighted by atomic mass is 9.65. The zero-order valence-corrected chi connectivity index (χ0v) is 17.6. The van der Waals surface area contributed by atoms with Crippen molar-refractivity contribution in [2.75, 3.05) is 7.11 Å². The van der Waals surface area contributed by atoms with E-state index in [0.29, 0.717) is 5.92 Å². The average Bonchev–Trinajstić information content (AvgIpc) is 2.90. The number of hydrogen-bond donors (Lipinski definition) is 0. The van der Waals surface area contributed by atoms with Crippen LogP contribution >= 0.6 is 0 Å².